The van der Waals surface area contributed by atoms with Crippen LogP contribution in [0.5, 0.6) is 0 Å². The van der Waals surface area contributed by atoms with Crippen molar-refractivity contribution in [2.75, 3.05) is 11.9 Å². The van der Waals surface area contributed by atoms with Crippen LogP contribution in [0, 0.1) is 12.8 Å². The number of hydrogen-bond donors (Lipinski definition) is 2. The van der Waals surface area contributed by atoms with Gasteiger partial charge in [0.25, 0.3) is 0 Å². The monoisotopic (exact) mass is 404 g/mol. The molecule has 0 saturated heterocycles. The van der Waals surface area contributed by atoms with Gasteiger partial charge in [-0.15, -0.1) is 11.3 Å². The van der Waals surface area contributed by atoms with Crippen molar-refractivity contribution in [2.45, 2.75) is 38.5 Å². The largest absolute Gasteiger partial charge is 0.369 e. The van der Waals surface area contributed by atoms with E-state index >= 15 is 0 Å². The Kier molecular flexibility index (Phi) is 5.78. The highest BCUT2D eigenvalue weighted by Crippen LogP contribution is 2.31. The number of nitrogens with one attached hydrogen (secondary N) is 1. The molecule has 0 aliphatic heterocycles. The number of nitrogens with two attached hydrogens (primary N) is 1. The fourth-order valence-corrected chi connectivity index (χ4v) is 4.51. The summed E-state index contributed by atoms with van der Waals surface area (Å²) in [6.07, 6.45) is 1.75. The highest BCUT2D eigenvalue weighted by molar-refractivity contribution is 7.89. The van der Waals surface area contributed by atoms with Crippen molar-refractivity contribution in [1.29, 1.82) is 0 Å². The molecule has 3 rings (SSSR count). The van der Waals surface area contributed by atoms with Gasteiger partial charge in [-0.25, -0.2) is 23.5 Å². The SMILES string of the molecule is Cc1nc(NCCc2ccc(S(N)(=O)=O)cc2)c2c(CC(C)C)csc2n1. The number of aryl methyl sites for hydroxylation is 1. The van der Waals surface area contributed by atoms with Crippen molar-refractivity contribution >= 4 is 37.4 Å². The summed E-state index contributed by atoms with van der Waals surface area (Å²) in [5.41, 5.74) is 2.31. The van der Waals surface area contributed by atoms with Crippen LogP contribution >= 0.6 is 11.3 Å². The van der Waals surface area contributed by atoms with Gasteiger partial charge < -0.3 is 5.32 Å². The van der Waals surface area contributed by atoms with Gasteiger partial charge in [-0.2, -0.15) is 0 Å². The minimum absolute atomic E-state index is 0.129. The van der Waals surface area contributed by atoms with Crippen LogP contribution in [0.4, 0.5) is 5.82 Å². The Hall–Kier alpha value is -2.03. The fraction of sp³-hybridized carbons (Fsp3) is 0.368. The van der Waals surface area contributed by atoms with Crippen LogP contribution in [0.2, 0.25) is 0 Å². The smallest absolute Gasteiger partial charge is 0.238 e. The van der Waals surface area contributed by atoms with E-state index in [0.29, 0.717) is 12.5 Å². The quantitative estimate of drug-likeness (QED) is 0.628. The molecule has 0 atom stereocenters. The molecule has 0 amide bonds. The van der Waals surface area contributed by atoms with E-state index in [9.17, 15) is 8.42 Å². The second kappa shape index (κ2) is 7.92. The van der Waals surface area contributed by atoms with Crippen LogP contribution in [0.15, 0.2) is 34.5 Å². The lowest BCUT2D eigenvalue weighted by atomic mass is 10.0. The van der Waals surface area contributed by atoms with Crippen LogP contribution in [0.3, 0.4) is 0 Å². The van der Waals surface area contributed by atoms with Crippen molar-refractivity contribution in [2.24, 2.45) is 11.1 Å². The number of anilines is 1. The summed E-state index contributed by atoms with van der Waals surface area (Å²) in [5, 5.41) is 11.9. The molecule has 0 bridgehead atoms. The van der Waals surface area contributed by atoms with Gasteiger partial charge in [0, 0.05) is 6.54 Å². The number of aromatic nitrogens is 2. The lowest BCUT2D eigenvalue weighted by Gasteiger charge is -2.11. The van der Waals surface area contributed by atoms with Gasteiger partial charge >= 0.3 is 0 Å². The van der Waals surface area contributed by atoms with Gasteiger partial charge in [0.05, 0.1) is 10.3 Å². The molecule has 1 aromatic carbocycles. The topological polar surface area (TPSA) is 98.0 Å². The highest BCUT2D eigenvalue weighted by atomic mass is 32.2. The molecule has 0 aliphatic carbocycles. The number of fused-ring (bicyclic) bond motifs is 1. The molecule has 0 unspecified atom stereocenters. The molecule has 2 heterocycles. The first-order chi connectivity index (χ1) is 12.7. The van der Waals surface area contributed by atoms with E-state index in [2.05, 4.69) is 34.5 Å². The van der Waals surface area contributed by atoms with E-state index in [4.69, 9.17) is 5.14 Å². The van der Waals surface area contributed by atoms with Crippen LogP contribution in [0.25, 0.3) is 10.2 Å². The maximum absolute atomic E-state index is 11.3. The molecular weight excluding hydrogens is 380 g/mol. The first-order valence-corrected chi connectivity index (χ1v) is 11.3. The summed E-state index contributed by atoms with van der Waals surface area (Å²) in [6.45, 7) is 7.00. The zero-order valence-corrected chi connectivity index (χ0v) is 17.3. The number of thiophene rings is 1. The van der Waals surface area contributed by atoms with E-state index in [0.717, 1.165) is 40.3 Å². The summed E-state index contributed by atoms with van der Waals surface area (Å²) in [5.74, 6) is 2.19. The zero-order valence-electron chi connectivity index (χ0n) is 15.7. The minimum Gasteiger partial charge on any atom is -0.369 e. The van der Waals surface area contributed by atoms with Crippen molar-refractivity contribution in [1.82, 2.24) is 9.97 Å². The van der Waals surface area contributed by atoms with Crippen molar-refractivity contribution < 1.29 is 8.42 Å². The zero-order chi connectivity index (χ0) is 19.6. The predicted molar refractivity (Wildman–Crippen MR) is 111 cm³/mol. The molecular formula is C19H24N4O2S2. The van der Waals surface area contributed by atoms with Gasteiger partial charge in [0.1, 0.15) is 16.5 Å². The standard InChI is InChI=1S/C19H24N4O2S2/c1-12(2)10-15-11-26-19-17(15)18(22-13(3)23-19)21-9-8-14-4-6-16(7-5-14)27(20,24)25/h4-7,11-12H,8-10H2,1-3H3,(H2,20,24,25)(H,21,22,23). The van der Waals surface area contributed by atoms with Gasteiger partial charge in [-0.1, -0.05) is 26.0 Å². The molecule has 0 aliphatic rings. The lowest BCUT2D eigenvalue weighted by Crippen LogP contribution is -2.12. The number of sulfonamides is 1. The maximum atomic E-state index is 11.3. The molecule has 6 nitrogen and oxygen atoms in total. The van der Waals surface area contributed by atoms with E-state index in [1.807, 2.05) is 6.92 Å². The van der Waals surface area contributed by atoms with E-state index < -0.39 is 10.0 Å². The lowest BCUT2D eigenvalue weighted by molar-refractivity contribution is 0.598. The summed E-state index contributed by atoms with van der Waals surface area (Å²) in [6, 6.07) is 6.66. The third-order valence-electron chi connectivity index (χ3n) is 4.21. The normalized spacial score (nSPS) is 12.0. The predicted octanol–water partition coefficient (Wildman–Crippen LogP) is 3.50. The van der Waals surface area contributed by atoms with Crippen LogP contribution in [-0.2, 0) is 22.9 Å². The van der Waals surface area contributed by atoms with Crippen molar-refractivity contribution in [3.8, 4) is 0 Å². The Bertz CT molecular complexity index is 1040. The first-order valence-electron chi connectivity index (χ1n) is 8.84. The summed E-state index contributed by atoms with van der Waals surface area (Å²) in [4.78, 5) is 10.3. The number of nitrogens with zero attached hydrogens (tertiary/aromatic N) is 2. The number of rotatable bonds is 7. The van der Waals surface area contributed by atoms with Crippen LogP contribution < -0.4 is 10.5 Å². The van der Waals surface area contributed by atoms with Gasteiger partial charge in [0.2, 0.25) is 10.0 Å². The second-order valence-corrected chi connectivity index (χ2v) is 9.44. The molecule has 0 saturated carbocycles. The fourth-order valence-electron chi connectivity index (χ4n) is 3.00. The molecule has 0 spiro atoms. The number of hydrogen-bond acceptors (Lipinski definition) is 6. The number of benzene rings is 1. The summed E-state index contributed by atoms with van der Waals surface area (Å²) >= 11 is 1.66. The van der Waals surface area contributed by atoms with Crippen molar-refractivity contribution in [3.05, 3.63) is 46.6 Å². The number of primary sulfonamides is 1. The molecule has 27 heavy (non-hydrogen) atoms. The van der Waals surface area contributed by atoms with Crippen LogP contribution in [-0.4, -0.2) is 24.9 Å². The third-order valence-corrected chi connectivity index (χ3v) is 6.06. The Morgan fingerprint density at radius 2 is 1.89 bits per heavy atom. The molecule has 3 N–H and O–H groups in total. The molecule has 8 heteroatoms. The molecule has 0 fully saturated rings. The van der Waals surface area contributed by atoms with E-state index in [-0.39, 0.29) is 4.90 Å². The Balaban J connectivity index is 1.75. The second-order valence-electron chi connectivity index (χ2n) is 7.02. The van der Waals surface area contributed by atoms with Crippen molar-refractivity contribution in [3.63, 3.8) is 0 Å². The molecule has 3 aromatic rings. The summed E-state index contributed by atoms with van der Waals surface area (Å²) < 4.78 is 22.7. The van der Waals surface area contributed by atoms with E-state index in [1.54, 1.807) is 23.5 Å². The average Bonchev–Trinajstić information content (AvgIpc) is 2.96. The van der Waals surface area contributed by atoms with Crippen LogP contribution in [0.1, 0.15) is 30.8 Å². The Morgan fingerprint density at radius 3 is 2.52 bits per heavy atom. The van der Waals surface area contributed by atoms with Gasteiger partial charge in [-0.3, -0.25) is 0 Å². The molecule has 2 aromatic heterocycles. The maximum Gasteiger partial charge on any atom is 0.238 e. The highest BCUT2D eigenvalue weighted by Gasteiger charge is 2.14. The third kappa shape index (κ3) is 4.82. The van der Waals surface area contributed by atoms with E-state index in [1.165, 1.54) is 17.7 Å². The minimum atomic E-state index is -3.65. The molecule has 0 radical (unpaired) electrons. The Morgan fingerprint density at radius 1 is 1.19 bits per heavy atom. The van der Waals surface area contributed by atoms with Gasteiger partial charge in [-0.05, 0) is 54.3 Å². The van der Waals surface area contributed by atoms with Gasteiger partial charge in [0.15, 0.2) is 0 Å². The average molecular weight is 405 g/mol. The molecule has 144 valence electrons. The Labute approximate surface area is 163 Å². The first kappa shape index (κ1) is 19.7. The summed E-state index contributed by atoms with van der Waals surface area (Å²) in [7, 11) is -3.65.